The highest BCUT2D eigenvalue weighted by molar-refractivity contribution is 4.87. The van der Waals surface area contributed by atoms with E-state index in [0.717, 1.165) is 25.9 Å². The van der Waals surface area contributed by atoms with Gasteiger partial charge in [-0.05, 0) is 39.8 Å². The molecule has 0 bridgehead atoms. The fraction of sp³-hybridized carbons (Fsp3) is 0.917. The number of piperidine rings is 1. The van der Waals surface area contributed by atoms with Gasteiger partial charge < -0.3 is 14.7 Å². The Morgan fingerprint density at radius 2 is 2.06 bits per heavy atom. The van der Waals surface area contributed by atoms with Crippen LogP contribution in [0.4, 0.5) is 0 Å². The third kappa shape index (κ3) is 4.93. The van der Waals surface area contributed by atoms with Gasteiger partial charge in [0, 0.05) is 12.5 Å². The van der Waals surface area contributed by atoms with Crippen molar-refractivity contribution in [3.63, 3.8) is 0 Å². The smallest absolute Gasteiger partial charge is 0.0900 e. The normalized spacial score (nSPS) is 20.9. The third-order valence-corrected chi connectivity index (χ3v) is 2.86. The van der Waals surface area contributed by atoms with E-state index in [4.69, 9.17) is 10.00 Å². The van der Waals surface area contributed by atoms with Gasteiger partial charge in [0.1, 0.15) is 0 Å². The predicted octanol–water partition coefficient (Wildman–Crippen LogP) is 1.01. The quantitative estimate of drug-likeness (QED) is 0.760. The molecule has 0 aromatic heterocycles. The summed E-state index contributed by atoms with van der Waals surface area (Å²) in [5.74, 6) is 0.209. The van der Waals surface area contributed by atoms with Crippen molar-refractivity contribution in [1.29, 1.82) is 5.26 Å². The zero-order chi connectivity index (χ0) is 12.0. The van der Waals surface area contributed by atoms with Gasteiger partial charge in [-0.2, -0.15) is 5.26 Å². The zero-order valence-corrected chi connectivity index (χ0v) is 10.2. The molecule has 4 heteroatoms. The first-order valence-electron chi connectivity index (χ1n) is 6.03. The van der Waals surface area contributed by atoms with Crippen molar-refractivity contribution in [3.05, 3.63) is 0 Å². The van der Waals surface area contributed by atoms with Crippen LogP contribution in [0.1, 0.15) is 26.7 Å². The molecule has 16 heavy (non-hydrogen) atoms. The van der Waals surface area contributed by atoms with E-state index in [9.17, 15) is 5.11 Å². The maximum absolute atomic E-state index is 9.74. The molecular formula is C12H22N2O2. The zero-order valence-electron chi connectivity index (χ0n) is 10.2. The fourth-order valence-electron chi connectivity index (χ4n) is 1.90. The number of hydrogen-bond acceptors (Lipinski definition) is 4. The van der Waals surface area contributed by atoms with E-state index in [2.05, 4.69) is 11.0 Å². The highest BCUT2D eigenvalue weighted by Gasteiger charge is 2.20. The highest BCUT2D eigenvalue weighted by Crippen LogP contribution is 2.16. The van der Waals surface area contributed by atoms with Crippen LogP contribution in [0, 0.1) is 17.2 Å². The van der Waals surface area contributed by atoms with Crippen molar-refractivity contribution in [2.24, 2.45) is 5.92 Å². The molecular weight excluding hydrogens is 204 g/mol. The first-order valence-corrected chi connectivity index (χ1v) is 6.03. The van der Waals surface area contributed by atoms with Gasteiger partial charge in [0.25, 0.3) is 0 Å². The molecule has 0 amide bonds. The fourth-order valence-corrected chi connectivity index (χ4v) is 1.90. The molecule has 1 atom stereocenters. The second-order valence-electron chi connectivity index (χ2n) is 4.74. The van der Waals surface area contributed by atoms with Crippen LogP contribution in [0.3, 0.4) is 0 Å². The van der Waals surface area contributed by atoms with Crippen LogP contribution in [0.2, 0.25) is 0 Å². The molecule has 0 aliphatic carbocycles. The summed E-state index contributed by atoms with van der Waals surface area (Å²) in [5.41, 5.74) is 0. The number of nitriles is 1. The number of hydrogen-bond donors (Lipinski definition) is 1. The topological polar surface area (TPSA) is 56.5 Å². The van der Waals surface area contributed by atoms with Crippen LogP contribution in [0.5, 0.6) is 0 Å². The lowest BCUT2D eigenvalue weighted by Gasteiger charge is -2.30. The number of likely N-dealkylation sites (tertiary alicyclic amines) is 1. The maximum atomic E-state index is 9.74. The van der Waals surface area contributed by atoms with Gasteiger partial charge in [0.2, 0.25) is 0 Å². The van der Waals surface area contributed by atoms with Gasteiger partial charge >= 0.3 is 0 Å². The lowest BCUT2D eigenvalue weighted by molar-refractivity contribution is -0.0115. The van der Waals surface area contributed by atoms with E-state index in [0.29, 0.717) is 13.2 Å². The first kappa shape index (κ1) is 13.4. The van der Waals surface area contributed by atoms with E-state index in [1.807, 2.05) is 13.8 Å². The summed E-state index contributed by atoms with van der Waals surface area (Å²) in [5, 5.41) is 18.5. The summed E-state index contributed by atoms with van der Waals surface area (Å²) in [4.78, 5) is 2.21. The third-order valence-electron chi connectivity index (χ3n) is 2.86. The molecule has 0 radical (unpaired) electrons. The first-order chi connectivity index (χ1) is 7.61. The van der Waals surface area contributed by atoms with Crippen LogP contribution in [0.25, 0.3) is 0 Å². The molecule has 0 aromatic rings. The molecule has 1 saturated heterocycles. The minimum Gasteiger partial charge on any atom is -0.389 e. The van der Waals surface area contributed by atoms with Crippen molar-refractivity contribution >= 4 is 0 Å². The second kappa shape index (κ2) is 6.85. The summed E-state index contributed by atoms with van der Waals surface area (Å²) in [6.45, 7) is 6.81. The molecule has 1 aliphatic heterocycles. The molecule has 92 valence electrons. The average Bonchev–Trinajstić information content (AvgIpc) is 2.27. The summed E-state index contributed by atoms with van der Waals surface area (Å²) >= 11 is 0. The van der Waals surface area contributed by atoms with Gasteiger partial charge in [0.05, 0.1) is 24.9 Å². The monoisotopic (exact) mass is 226 g/mol. The van der Waals surface area contributed by atoms with Gasteiger partial charge in [0.15, 0.2) is 0 Å². The number of ether oxygens (including phenoxy) is 1. The summed E-state index contributed by atoms with van der Waals surface area (Å²) in [6.07, 6.45) is 1.60. The standard InChI is InChI=1S/C12H22N2O2/c1-10(2)16-9-12(15)8-14-5-3-11(7-13)4-6-14/h10-12,15H,3-6,8-9H2,1-2H3. The molecule has 1 rings (SSSR count). The Bertz CT molecular complexity index is 230. The van der Waals surface area contributed by atoms with Crippen molar-refractivity contribution < 1.29 is 9.84 Å². The van der Waals surface area contributed by atoms with E-state index < -0.39 is 6.10 Å². The van der Waals surface area contributed by atoms with Crippen molar-refractivity contribution in [2.45, 2.75) is 38.9 Å². The van der Waals surface area contributed by atoms with Gasteiger partial charge in [-0.1, -0.05) is 0 Å². The lowest BCUT2D eigenvalue weighted by atomic mass is 9.98. The molecule has 0 spiro atoms. The number of aliphatic hydroxyl groups is 1. The molecule has 0 aromatic carbocycles. The van der Waals surface area contributed by atoms with Crippen molar-refractivity contribution in [1.82, 2.24) is 4.90 Å². The minimum atomic E-state index is -0.416. The van der Waals surface area contributed by atoms with Gasteiger partial charge in [-0.25, -0.2) is 0 Å². The largest absolute Gasteiger partial charge is 0.389 e. The highest BCUT2D eigenvalue weighted by atomic mass is 16.5. The SMILES string of the molecule is CC(C)OCC(O)CN1CCC(C#N)CC1. The van der Waals surface area contributed by atoms with Crippen LogP contribution < -0.4 is 0 Å². The van der Waals surface area contributed by atoms with E-state index in [1.54, 1.807) is 0 Å². The Kier molecular flexibility index (Phi) is 5.75. The van der Waals surface area contributed by atoms with Crippen LogP contribution in [0.15, 0.2) is 0 Å². The molecule has 4 nitrogen and oxygen atoms in total. The summed E-state index contributed by atoms with van der Waals surface area (Å²) in [6, 6.07) is 2.30. The van der Waals surface area contributed by atoms with Crippen molar-refractivity contribution in [2.75, 3.05) is 26.2 Å². The molecule has 1 unspecified atom stereocenters. The number of β-amino-alcohol motifs (C(OH)–C–C–N with tert-alkyl or cyclic N) is 1. The van der Waals surface area contributed by atoms with E-state index in [-0.39, 0.29) is 12.0 Å². The van der Waals surface area contributed by atoms with Crippen molar-refractivity contribution in [3.8, 4) is 6.07 Å². The lowest BCUT2D eigenvalue weighted by Crippen LogP contribution is -2.40. The molecule has 1 aliphatic rings. The summed E-state index contributed by atoms with van der Waals surface area (Å²) in [7, 11) is 0. The Labute approximate surface area is 97.8 Å². The predicted molar refractivity (Wildman–Crippen MR) is 61.9 cm³/mol. The van der Waals surface area contributed by atoms with Crippen LogP contribution >= 0.6 is 0 Å². The van der Waals surface area contributed by atoms with Gasteiger partial charge in [-0.15, -0.1) is 0 Å². The Hall–Kier alpha value is -0.630. The number of rotatable bonds is 5. The van der Waals surface area contributed by atoms with E-state index in [1.165, 1.54) is 0 Å². The van der Waals surface area contributed by atoms with E-state index >= 15 is 0 Å². The number of aliphatic hydroxyl groups excluding tert-OH is 1. The Balaban J connectivity index is 2.16. The minimum absolute atomic E-state index is 0.166. The molecule has 1 fully saturated rings. The average molecular weight is 226 g/mol. The van der Waals surface area contributed by atoms with Gasteiger partial charge in [-0.3, -0.25) is 0 Å². The molecule has 0 saturated carbocycles. The Morgan fingerprint density at radius 1 is 1.44 bits per heavy atom. The number of nitrogens with zero attached hydrogens (tertiary/aromatic N) is 2. The maximum Gasteiger partial charge on any atom is 0.0900 e. The van der Waals surface area contributed by atoms with Crippen LogP contribution in [-0.2, 0) is 4.74 Å². The van der Waals surface area contributed by atoms with Crippen LogP contribution in [-0.4, -0.2) is 48.5 Å². The molecule has 1 N–H and O–H groups in total. The summed E-state index contributed by atoms with van der Waals surface area (Å²) < 4.78 is 5.36. The second-order valence-corrected chi connectivity index (χ2v) is 4.74. The Morgan fingerprint density at radius 3 is 2.56 bits per heavy atom. The molecule has 1 heterocycles.